The number of nitrogens with two attached hydrogens (primary N) is 1. The molecule has 1 aromatic rings. The molecule has 1 saturated heterocycles. The number of aromatic nitrogens is 1. The van der Waals surface area contributed by atoms with Crippen LogP contribution in [0.2, 0.25) is 0 Å². The Balaban J connectivity index is 1.84. The Kier molecular flexibility index (Phi) is 3.32. The summed E-state index contributed by atoms with van der Waals surface area (Å²) in [5.74, 6) is 0.918. The van der Waals surface area contributed by atoms with Crippen LogP contribution in [0.5, 0.6) is 0 Å². The first-order valence-electron chi connectivity index (χ1n) is 7.16. The summed E-state index contributed by atoms with van der Waals surface area (Å²) in [5, 5.41) is 1.22. The smallest absolute Gasteiger partial charge is 0.186 e. The van der Waals surface area contributed by atoms with Crippen LogP contribution in [0, 0.1) is 12.8 Å². The Bertz CT molecular complexity index is 427. The van der Waals surface area contributed by atoms with E-state index in [-0.39, 0.29) is 6.04 Å². The maximum absolute atomic E-state index is 6.01. The van der Waals surface area contributed by atoms with Gasteiger partial charge in [0, 0.05) is 23.5 Å². The van der Waals surface area contributed by atoms with E-state index in [0.29, 0.717) is 0 Å². The van der Waals surface area contributed by atoms with Gasteiger partial charge in [0.25, 0.3) is 0 Å². The Morgan fingerprint density at radius 3 is 2.83 bits per heavy atom. The van der Waals surface area contributed by atoms with Gasteiger partial charge in [-0.2, -0.15) is 0 Å². The van der Waals surface area contributed by atoms with Crippen LogP contribution in [0.1, 0.15) is 55.6 Å². The van der Waals surface area contributed by atoms with E-state index >= 15 is 0 Å². The largest absolute Gasteiger partial charge is 0.345 e. The van der Waals surface area contributed by atoms with E-state index in [1.807, 2.05) is 11.3 Å². The first kappa shape index (κ1) is 12.4. The summed E-state index contributed by atoms with van der Waals surface area (Å²) in [6.07, 6.45) is 6.96. The van der Waals surface area contributed by atoms with Crippen molar-refractivity contribution in [1.29, 1.82) is 0 Å². The lowest BCUT2D eigenvalue weighted by atomic mass is 9.85. The summed E-state index contributed by atoms with van der Waals surface area (Å²) in [4.78, 5) is 8.59. The highest BCUT2D eigenvalue weighted by molar-refractivity contribution is 7.15. The Morgan fingerprint density at radius 2 is 2.11 bits per heavy atom. The first-order valence-corrected chi connectivity index (χ1v) is 7.98. The second-order valence-electron chi connectivity index (χ2n) is 5.83. The van der Waals surface area contributed by atoms with Gasteiger partial charge in [-0.1, -0.05) is 12.8 Å². The molecule has 18 heavy (non-hydrogen) atoms. The van der Waals surface area contributed by atoms with Crippen LogP contribution >= 0.6 is 11.3 Å². The monoisotopic (exact) mass is 265 g/mol. The molecule has 1 aliphatic carbocycles. The third kappa shape index (κ3) is 2.05. The summed E-state index contributed by atoms with van der Waals surface area (Å²) < 4.78 is 0. The minimum absolute atomic E-state index is 0.112. The predicted octanol–water partition coefficient (Wildman–Crippen LogP) is 3.24. The number of hydrogen-bond donors (Lipinski definition) is 1. The second kappa shape index (κ2) is 4.82. The van der Waals surface area contributed by atoms with Crippen LogP contribution in [0.3, 0.4) is 0 Å². The fourth-order valence-corrected chi connectivity index (χ4v) is 4.68. The molecule has 0 spiro atoms. The van der Waals surface area contributed by atoms with Gasteiger partial charge in [-0.3, -0.25) is 0 Å². The Labute approximate surface area is 113 Å². The summed E-state index contributed by atoms with van der Waals surface area (Å²) >= 11 is 1.81. The fourth-order valence-electron chi connectivity index (χ4n) is 3.58. The van der Waals surface area contributed by atoms with Crippen molar-refractivity contribution in [2.24, 2.45) is 11.7 Å². The number of hydrogen-bond acceptors (Lipinski definition) is 4. The number of anilines is 1. The van der Waals surface area contributed by atoms with Crippen LogP contribution < -0.4 is 10.6 Å². The van der Waals surface area contributed by atoms with Crippen molar-refractivity contribution < 1.29 is 0 Å². The fraction of sp³-hybridized carbons (Fsp3) is 0.786. The summed E-state index contributed by atoms with van der Waals surface area (Å²) in [6.45, 7) is 5.34. The van der Waals surface area contributed by atoms with Crippen molar-refractivity contribution in [3.8, 4) is 0 Å². The van der Waals surface area contributed by atoms with Gasteiger partial charge < -0.3 is 10.6 Å². The van der Waals surface area contributed by atoms with Gasteiger partial charge in [0.05, 0.1) is 5.69 Å². The normalized spacial score (nSPS) is 29.4. The predicted molar refractivity (Wildman–Crippen MR) is 77.2 cm³/mol. The molecule has 0 amide bonds. The third-order valence-electron chi connectivity index (χ3n) is 4.49. The maximum Gasteiger partial charge on any atom is 0.186 e. The van der Waals surface area contributed by atoms with E-state index in [1.165, 1.54) is 48.7 Å². The highest BCUT2D eigenvalue weighted by Gasteiger charge is 2.37. The molecule has 3 nitrogen and oxygen atoms in total. The van der Waals surface area contributed by atoms with Gasteiger partial charge in [-0.15, -0.1) is 11.3 Å². The van der Waals surface area contributed by atoms with Crippen LogP contribution in [0.15, 0.2) is 0 Å². The standard InChI is InChI=1S/C14H23N3S/c1-9(15)13-10(2)16-14(18-13)17-8-7-11-5-3-4-6-12(11)17/h9,11-12H,3-8,15H2,1-2H3. The number of rotatable bonds is 2. The molecule has 1 aliphatic heterocycles. The SMILES string of the molecule is Cc1nc(N2CCC3CCCCC32)sc1C(C)N. The van der Waals surface area contributed by atoms with E-state index in [9.17, 15) is 0 Å². The lowest BCUT2D eigenvalue weighted by Gasteiger charge is -2.31. The van der Waals surface area contributed by atoms with E-state index < -0.39 is 0 Å². The first-order chi connectivity index (χ1) is 8.66. The molecule has 0 radical (unpaired) electrons. The van der Waals surface area contributed by atoms with Crippen molar-refractivity contribution in [2.75, 3.05) is 11.4 Å². The van der Waals surface area contributed by atoms with Crippen LogP contribution in [-0.2, 0) is 0 Å². The van der Waals surface area contributed by atoms with E-state index in [2.05, 4.69) is 18.7 Å². The molecule has 3 unspecified atom stereocenters. The van der Waals surface area contributed by atoms with Crippen LogP contribution in [-0.4, -0.2) is 17.6 Å². The van der Waals surface area contributed by atoms with Crippen molar-refractivity contribution in [3.05, 3.63) is 10.6 Å². The second-order valence-corrected chi connectivity index (χ2v) is 6.84. The lowest BCUT2D eigenvalue weighted by Crippen LogP contribution is -2.34. The number of fused-ring (bicyclic) bond motifs is 1. The number of nitrogens with zero attached hydrogens (tertiary/aromatic N) is 2. The Morgan fingerprint density at radius 1 is 1.33 bits per heavy atom. The molecular formula is C14H23N3S. The molecule has 0 bridgehead atoms. The van der Waals surface area contributed by atoms with Gasteiger partial charge in [0.2, 0.25) is 0 Å². The van der Waals surface area contributed by atoms with Crippen molar-refractivity contribution in [3.63, 3.8) is 0 Å². The average molecular weight is 265 g/mol. The quantitative estimate of drug-likeness (QED) is 0.892. The zero-order valence-electron chi connectivity index (χ0n) is 11.4. The minimum Gasteiger partial charge on any atom is -0.345 e. The molecule has 3 atom stereocenters. The third-order valence-corrected chi connectivity index (χ3v) is 5.89. The van der Waals surface area contributed by atoms with Gasteiger partial charge in [-0.25, -0.2) is 4.98 Å². The lowest BCUT2D eigenvalue weighted by molar-refractivity contribution is 0.342. The van der Waals surface area contributed by atoms with Crippen LogP contribution in [0.25, 0.3) is 0 Å². The molecule has 2 fully saturated rings. The molecule has 1 aromatic heterocycles. The number of aryl methyl sites for hydroxylation is 1. The molecule has 2 heterocycles. The van der Waals surface area contributed by atoms with Crippen molar-refractivity contribution >= 4 is 16.5 Å². The van der Waals surface area contributed by atoms with Gasteiger partial charge in [0.1, 0.15) is 0 Å². The zero-order chi connectivity index (χ0) is 12.7. The molecule has 0 aromatic carbocycles. The Hall–Kier alpha value is -0.610. The van der Waals surface area contributed by atoms with Gasteiger partial charge >= 0.3 is 0 Å². The summed E-state index contributed by atoms with van der Waals surface area (Å²) in [6, 6.07) is 0.867. The van der Waals surface area contributed by atoms with Gasteiger partial charge in [0.15, 0.2) is 5.13 Å². The number of thiazole rings is 1. The summed E-state index contributed by atoms with van der Waals surface area (Å²) in [5.41, 5.74) is 7.14. The molecule has 1 saturated carbocycles. The highest BCUT2D eigenvalue weighted by Crippen LogP contribution is 2.41. The van der Waals surface area contributed by atoms with Gasteiger partial charge in [-0.05, 0) is 39.0 Å². The van der Waals surface area contributed by atoms with E-state index in [1.54, 1.807) is 0 Å². The minimum atomic E-state index is 0.112. The average Bonchev–Trinajstić information content (AvgIpc) is 2.92. The molecule has 4 heteroatoms. The van der Waals surface area contributed by atoms with Crippen molar-refractivity contribution in [2.45, 2.75) is 58.0 Å². The molecule has 2 aliphatic rings. The molecular weight excluding hydrogens is 242 g/mol. The summed E-state index contributed by atoms with van der Waals surface area (Å²) in [7, 11) is 0. The van der Waals surface area contributed by atoms with Crippen molar-refractivity contribution in [1.82, 2.24) is 4.98 Å². The molecule has 2 N–H and O–H groups in total. The zero-order valence-corrected chi connectivity index (χ0v) is 12.2. The molecule has 3 rings (SSSR count). The molecule has 100 valence electrons. The van der Waals surface area contributed by atoms with E-state index in [0.717, 1.165) is 17.7 Å². The van der Waals surface area contributed by atoms with E-state index in [4.69, 9.17) is 10.7 Å². The van der Waals surface area contributed by atoms with Crippen LogP contribution in [0.4, 0.5) is 5.13 Å². The maximum atomic E-state index is 6.01. The highest BCUT2D eigenvalue weighted by atomic mass is 32.1. The topological polar surface area (TPSA) is 42.2 Å².